The Hall–Kier alpha value is -1.80. The summed E-state index contributed by atoms with van der Waals surface area (Å²) in [6.07, 6.45) is 2.22. The maximum atomic E-state index is 12.5. The molecule has 1 atom stereocenters. The average Bonchev–Trinajstić information content (AvgIpc) is 2.62. The van der Waals surface area contributed by atoms with Crippen LogP contribution in [0.25, 0.3) is 0 Å². The Morgan fingerprint density at radius 1 is 1.33 bits per heavy atom. The molecule has 3 rings (SSSR count). The summed E-state index contributed by atoms with van der Waals surface area (Å²) in [7, 11) is 0. The standard InChI is InChI=1S/C16H23N5O2S/c17-15(23)13-2-1-3-19-16(13)21-7-5-20(6-8-21)14(22)10-12-11-24-9-4-18-12/h1-3,12,18H,4-11H2,(H2,17,23). The summed E-state index contributed by atoms with van der Waals surface area (Å²) >= 11 is 1.90. The molecule has 3 N–H and O–H groups in total. The van der Waals surface area contributed by atoms with Gasteiger partial charge in [-0.05, 0) is 12.1 Å². The molecule has 2 aliphatic rings. The van der Waals surface area contributed by atoms with E-state index in [0.717, 1.165) is 18.1 Å². The molecule has 2 amide bonds. The van der Waals surface area contributed by atoms with Crippen molar-refractivity contribution in [2.45, 2.75) is 12.5 Å². The van der Waals surface area contributed by atoms with E-state index in [1.54, 1.807) is 18.3 Å². The SMILES string of the molecule is NC(=O)c1cccnc1N1CCN(C(=O)CC2CSCCN2)CC1. The molecule has 7 nitrogen and oxygen atoms in total. The first-order valence-corrected chi connectivity index (χ1v) is 9.39. The fraction of sp³-hybridized carbons (Fsp3) is 0.562. The zero-order valence-electron chi connectivity index (χ0n) is 13.6. The molecule has 0 spiro atoms. The van der Waals surface area contributed by atoms with Crippen LogP contribution >= 0.6 is 11.8 Å². The Bertz CT molecular complexity index is 598. The summed E-state index contributed by atoms with van der Waals surface area (Å²) in [5, 5.41) is 3.40. The van der Waals surface area contributed by atoms with Crippen LogP contribution in [0.1, 0.15) is 16.8 Å². The van der Waals surface area contributed by atoms with Crippen LogP contribution in [0.4, 0.5) is 5.82 Å². The molecular formula is C16H23N5O2S. The van der Waals surface area contributed by atoms with Crippen LogP contribution < -0.4 is 16.0 Å². The monoisotopic (exact) mass is 349 g/mol. The van der Waals surface area contributed by atoms with Crippen LogP contribution in [-0.4, -0.2) is 72.0 Å². The lowest BCUT2D eigenvalue weighted by molar-refractivity contribution is -0.131. The van der Waals surface area contributed by atoms with Crippen LogP contribution in [0.15, 0.2) is 18.3 Å². The van der Waals surface area contributed by atoms with Crippen molar-refractivity contribution in [3.05, 3.63) is 23.9 Å². The van der Waals surface area contributed by atoms with Gasteiger partial charge in [0, 0.05) is 62.9 Å². The minimum absolute atomic E-state index is 0.200. The lowest BCUT2D eigenvalue weighted by Gasteiger charge is -2.36. The molecular weight excluding hydrogens is 326 g/mol. The molecule has 1 aromatic heterocycles. The second-order valence-corrected chi connectivity index (χ2v) is 7.19. The van der Waals surface area contributed by atoms with Gasteiger partial charge in [0.1, 0.15) is 5.82 Å². The molecule has 0 saturated carbocycles. The summed E-state index contributed by atoms with van der Waals surface area (Å²) < 4.78 is 0. The quantitative estimate of drug-likeness (QED) is 0.790. The van der Waals surface area contributed by atoms with Crippen molar-refractivity contribution in [1.29, 1.82) is 0 Å². The van der Waals surface area contributed by atoms with Gasteiger partial charge >= 0.3 is 0 Å². The average molecular weight is 349 g/mol. The maximum Gasteiger partial charge on any atom is 0.252 e. The van der Waals surface area contributed by atoms with Gasteiger partial charge < -0.3 is 20.9 Å². The number of aromatic nitrogens is 1. The second-order valence-electron chi connectivity index (χ2n) is 6.04. The van der Waals surface area contributed by atoms with Gasteiger partial charge in [0.15, 0.2) is 0 Å². The third-order valence-electron chi connectivity index (χ3n) is 4.40. The summed E-state index contributed by atoms with van der Waals surface area (Å²) in [5.74, 6) is 2.46. The largest absolute Gasteiger partial charge is 0.365 e. The van der Waals surface area contributed by atoms with Gasteiger partial charge in [0.05, 0.1) is 5.56 Å². The van der Waals surface area contributed by atoms with Crippen molar-refractivity contribution in [3.8, 4) is 0 Å². The number of rotatable bonds is 4. The summed E-state index contributed by atoms with van der Waals surface area (Å²) in [4.78, 5) is 32.2. The van der Waals surface area contributed by atoms with E-state index in [9.17, 15) is 9.59 Å². The molecule has 24 heavy (non-hydrogen) atoms. The minimum Gasteiger partial charge on any atom is -0.365 e. The van der Waals surface area contributed by atoms with E-state index in [-0.39, 0.29) is 11.9 Å². The van der Waals surface area contributed by atoms with Gasteiger partial charge in [-0.1, -0.05) is 0 Å². The zero-order valence-corrected chi connectivity index (χ0v) is 14.4. The molecule has 0 aliphatic carbocycles. The Morgan fingerprint density at radius 3 is 2.79 bits per heavy atom. The molecule has 0 bridgehead atoms. The fourth-order valence-corrected chi connectivity index (χ4v) is 4.05. The Morgan fingerprint density at radius 2 is 2.12 bits per heavy atom. The van der Waals surface area contributed by atoms with Gasteiger partial charge in [-0.25, -0.2) is 4.98 Å². The second kappa shape index (κ2) is 7.85. The molecule has 1 aromatic rings. The number of hydrogen-bond acceptors (Lipinski definition) is 6. The first-order valence-electron chi connectivity index (χ1n) is 8.24. The van der Waals surface area contributed by atoms with E-state index in [0.29, 0.717) is 44.0 Å². The number of amides is 2. The van der Waals surface area contributed by atoms with Gasteiger partial charge in [-0.15, -0.1) is 0 Å². The van der Waals surface area contributed by atoms with E-state index in [1.807, 2.05) is 21.6 Å². The molecule has 2 fully saturated rings. The normalized spacial score (nSPS) is 21.6. The van der Waals surface area contributed by atoms with Gasteiger partial charge in [0.2, 0.25) is 5.91 Å². The van der Waals surface area contributed by atoms with Crippen LogP contribution in [0, 0.1) is 0 Å². The van der Waals surface area contributed by atoms with Gasteiger partial charge in [-0.3, -0.25) is 9.59 Å². The first kappa shape index (κ1) is 17.0. The van der Waals surface area contributed by atoms with E-state index in [4.69, 9.17) is 5.73 Å². The number of hydrogen-bond donors (Lipinski definition) is 2. The number of thioether (sulfide) groups is 1. The van der Waals surface area contributed by atoms with E-state index >= 15 is 0 Å². The number of primary amides is 1. The molecule has 130 valence electrons. The highest BCUT2D eigenvalue weighted by atomic mass is 32.2. The van der Waals surface area contributed by atoms with Gasteiger partial charge in [-0.2, -0.15) is 11.8 Å². The van der Waals surface area contributed by atoms with E-state index in [1.165, 1.54) is 0 Å². The Balaban J connectivity index is 1.56. The molecule has 0 radical (unpaired) electrons. The lowest BCUT2D eigenvalue weighted by Crippen LogP contribution is -2.51. The highest BCUT2D eigenvalue weighted by Gasteiger charge is 2.26. The number of piperazine rings is 1. The summed E-state index contributed by atoms with van der Waals surface area (Å²) in [5.41, 5.74) is 5.85. The van der Waals surface area contributed by atoms with Gasteiger partial charge in [0.25, 0.3) is 5.91 Å². The molecule has 8 heteroatoms. The zero-order chi connectivity index (χ0) is 16.9. The number of carbonyl (C=O) groups excluding carboxylic acids is 2. The van der Waals surface area contributed by atoms with Crippen LogP contribution in [0.2, 0.25) is 0 Å². The number of nitrogens with two attached hydrogens (primary N) is 1. The smallest absolute Gasteiger partial charge is 0.252 e. The highest BCUT2D eigenvalue weighted by molar-refractivity contribution is 7.99. The molecule has 1 unspecified atom stereocenters. The van der Waals surface area contributed by atoms with Crippen molar-refractivity contribution in [1.82, 2.24) is 15.2 Å². The van der Waals surface area contributed by atoms with Crippen LogP contribution in [-0.2, 0) is 4.79 Å². The number of anilines is 1. The summed E-state index contributed by atoms with van der Waals surface area (Å²) in [6.45, 7) is 3.60. The highest BCUT2D eigenvalue weighted by Crippen LogP contribution is 2.19. The first-order chi connectivity index (χ1) is 11.6. The number of carbonyl (C=O) groups is 2. The summed E-state index contributed by atoms with van der Waals surface area (Å²) in [6, 6.07) is 3.68. The maximum absolute atomic E-state index is 12.5. The third-order valence-corrected chi connectivity index (χ3v) is 5.53. The third kappa shape index (κ3) is 3.99. The number of nitrogens with zero attached hydrogens (tertiary/aromatic N) is 3. The lowest BCUT2D eigenvalue weighted by atomic mass is 10.1. The molecule has 0 aromatic carbocycles. The fourth-order valence-electron chi connectivity index (χ4n) is 3.10. The Kier molecular flexibility index (Phi) is 5.57. The van der Waals surface area contributed by atoms with Crippen molar-refractivity contribution in [2.24, 2.45) is 5.73 Å². The van der Waals surface area contributed by atoms with Crippen LogP contribution in [0.5, 0.6) is 0 Å². The van der Waals surface area contributed by atoms with Crippen molar-refractivity contribution >= 4 is 29.4 Å². The van der Waals surface area contributed by atoms with Crippen molar-refractivity contribution in [2.75, 3.05) is 49.1 Å². The molecule has 2 aliphatic heterocycles. The van der Waals surface area contributed by atoms with Crippen LogP contribution in [0.3, 0.4) is 0 Å². The predicted octanol–water partition coefficient (Wildman–Crippen LogP) is -0.0758. The minimum atomic E-state index is -0.475. The van der Waals surface area contributed by atoms with E-state index < -0.39 is 5.91 Å². The van der Waals surface area contributed by atoms with Crippen molar-refractivity contribution < 1.29 is 9.59 Å². The predicted molar refractivity (Wildman–Crippen MR) is 95.3 cm³/mol. The topological polar surface area (TPSA) is 91.6 Å². The number of pyridine rings is 1. The number of nitrogens with one attached hydrogen (secondary N) is 1. The molecule has 2 saturated heterocycles. The molecule has 3 heterocycles. The van der Waals surface area contributed by atoms with Crippen molar-refractivity contribution in [3.63, 3.8) is 0 Å². The Labute approximate surface area is 146 Å². The van der Waals surface area contributed by atoms with E-state index in [2.05, 4.69) is 10.3 Å².